The number of carbonyl (C=O) groups is 2. The van der Waals surface area contributed by atoms with Crippen molar-refractivity contribution in [1.82, 2.24) is 14.0 Å². The fraction of sp³-hybridized carbons (Fsp3) is 0.240. The molecule has 4 rings (SSSR count). The number of nitrogens with zero attached hydrogens (tertiary/aromatic N) is 5. The number of pyridine rings is 2. The number of fused-ring (bicyclic) bond motifs is 2. The highest BCUT2D eigenvalue weighted by molar-refractivity contribution is 6.34. The first-order valence-corrected chi connectivity index (χ1v) is 11.9. The van der Waals surface area contributed by atoms with Crippen LogP contribution in [0.25, 0.3) is 16.7 Å². The lowest BCUT2D eigenvalue weighted by molar-refractivity contribution is -0.384. The summed E-state index contributed by atoms with van der Waals surface area (Å²) in [6.07, 6.45) is 1.97. The highest BCUT2D eigenvalue weighted by atomic mass is 35.5. The molecule has 1 amide bonds. The third kappa shape index (κ3) is 5.17. The van der Waals surface area contributed by atoms with Crippen molar-refractivity contribution in [2.24, 2.45) is 4.99 Å². The third-order valence-electron chi connectivity index (χ3n) is 5.61. The topological polar surface area (TPSA) is 147 Å². The molecule has 38 heavy (non-hydrogen) atoms. The first-order valence-electron chi connectivity index (χ1n) is 11.5. The number of nitro groups is 1. The fourth-order valence-corrected chi connectivity index (χ4v) is 4.08. The van der Waals surface area contributed by atoms with Crippen LogP contribution >= 0.6 is 11.6 Å². The summed E-state index contributed by atoms with van der Waals surface area (Å²) in [5.41, 5.74) is -0.781. The molecule has 0 saturated heterocycles. The molecule has 0 aliphatic rings. The first kappa shape index (κ1) is 26.6. The van der Waals surface area contributed by atoms with Crippen molar-refractivity contribution in [2.75, 3.05) is 20.3 Å². The number of benzene rings is 1. The molecule has 0 bridgehead atoms. The van der Waals surface area contributed by atoms with Gasteiger partial charge in [-0.05, 0) is 37.6 Å². The van der Waals surface area contributed by atoms with E-state index in [1.807, 2.05) is 0 Å². The van der Waals surface area contributed by atoms with Gasteiger partial charge in [0.25, 0.3) is 17.2 Å². The molecule has 196 valence electrons. The van der Waals surface area contributed by atoms with Crippen molar-refractivity contribution in [3.63, 3.8) is 0 Å². The van der Waals surface area contributed by atoms with Crippen LogP contribution in [-0.4, -0.2) is 51.1 Å². The van der Waals surface area contributed by atoms with Crippen LogP contribution in [-0.2, 0) is 16.0 Å². The molecule has 3 aromatic heterocycles. The summed E-state index contributed by atoms with van der Waals surface area (Å²) in [6.45, 7) is 2.14. The van der Waals surface area contributed by atoms with E-state index in [0.29, 0.717) is 18.7 Å². The average Bonchev–Trinajstić information content (AvgIpc) is 2.90. The normalized spacial score (nSPS) is 11.7. The largest absolute Gasteiger partial charge is 0.462 e. The van der Waals surface area contributed by atoms with Gasteiger partial charge in [-0.15, -0.1) is 0 Å². The van der Waals surface area contributed by atoms with Gasteiger partial charge in [0.05, 0.1) is 27.5 Å². The maximum atomic E-state index is 13.4. The van der Waals surface area contributed by atoms with E-state index in [1.165, 1.54) is 28.2 Å². The lowest BCUT2D eigenvalue weighted by Gasteiger charge is -2.15. The molecule has 4 aromatic rings. The molecule has 0 N–H and O–H groups in total. The van der Waals surface area contributed by atoms with Crippen LogP contribution in [0.3, 0.4) is 0 Å². The smallest absolute Gasteiger partial charge is 0.341 e. The predicted octanol–water partition coefficient (Wildman–Crippen LogP) is 3.17. The van der Waals surface area contributed by atoms with Crippen molar-refractivity contribution in [1.29, 1.82) is 0 Å². The fourth-order valence-electron chi connectivity index (χ4n) is 3.88. The minimum Gasteiger partial charge on any atom is -0.462 e. The summed E-state index contributed by atoms with van der Waals surface area (Å²) in [6, 6.07) is 9.71. The number of aromatic nitrogens is 3. The van der Waals surface area contributed by atoms with Crippen LogP contribution in [0.1, 0.15) is 34.1 Å². The number of ether oxygens (including phenoxy) is 2. The zero-order valence-electron chi connectivity index (χ0n) is 20.4. The summed E-state index contributed by atoms with van der Waals surface area (Å²) in [5, 5.41) is 11.3. The number of halogens is 1. The Bertz CT molecular complexity index is 1710. The molecule has 13 heteroatoms. The number of methoxy groups -OCH3 is 1. The zero-order valence-corrected chi connectivity index (χ0v) is 21.2. The van der Waals surface area contributed by atoms with Crippen molar-refractivity contribution >= 4 is 45.8 Å². The Balaban J connectivity index is 2.09. The number of nitro benzene ring substituents is 1. The second kappa shape index (κ2) is 11.3. The molecule has 0 aliphatic heterocycles. The molecule has 0 atom stereocenters. The second-order valence-electron chi connectivity index (χ2n) is 8.02. The molecule has 1 aromatic carbocycles. The van der Waals surface area contributed by atoms with Crippen LogP contribution in [0.2, 0.25) is 5.02 Å². The summed E-state index contributed by atoms with van der Waals surface area (Å²) >= 11 is 6.16. The Hall–Kier alpha value is -4.42. The van der Waals surface area contributed by atoms with E-state index in [9.17, 15) is 24.5 Å². The quantitative estimate of drug-likeness (QED) is 0.109. The Kier molecular flexibility index (Phi) is 7.93. The highest BCUT2D eigenvalue weighted by Crippen LogP contribution is 2.23. The monoisotopic (exact) mass is 539 g/mol. The van der Waals surface area contributed by atoms with Crippen molar-refractivity contribution in [3.8, 4) is 0 Å². The molecule has 0 radical (unpaired) electrons. The molecular formula is C25H22ClN5O7. The first-order chi connectivity index (χ1) is 18.3. The number of rotatable bonds is 8. The molecule has 0 saturated carbocycles. The number of amides is 1. The standard InChI is InChI=1S/C25H22ClN5O7/c1-3-38-25(34)18-14-17-21(27-20-7-4-5-10-29(20)24(17)33)30(11-6-12-37-2)22(18)28-23(32)16-13-15(31(35)36)8-9-19(16)26/h4-5,7-10,13-14H,3,6,11-12H2,1-2H3. The zero-order chi connectivity index (χ0) is 27.4. The van der Waals surface area contributed by atoms with Gasteiger partial charge in [-0.25, -0.2) is 9.78 Å². The van der Waals surface area contributed by atoms with Crippen molar-refractivity contribution < 1.29 is 24.0 Å². The van der Waals surface area contributed by atoms with E-state index in [4.69, 9.17) is 21.1 Å². The highest BCUT2D eigenvalue weighted by Gasteiger charge is 2.22. The van der Waals surface area contributed by atoms with Crippen molar-refractivity contribution in [3.05, 3.63) is 90.8 Å². The van der Waals surface area contributed by atoms with E-state index in [0.717, 1.165) is 12.1 Å². The van der Waals surface area contributed by atoms with Crippen LogP contribution in [0.5, 0.6) is 0 Å². The molecule has 0 unspecified atom stereocenters. The summed E-state index contributed by atoms with van der Waals surface area (Å²) in [4.78, 5) is 59.0. The maximum absolute atomic E-state index is 13.4. The van der Waals surface area contributed by atoms with Gasteiger partial charge in [-0.1, -0.05) is 17.7 Å². The molecule has 12 nitrogen and oxygen atoms in total. The molecule has 0 spiro atoms. The summed E-state index contributed by atoms with van der Waals surface area (Å²) in [5.74, 6) is -1.74. The minimum atomic E-state index is -0.929. The van der Waals surface area contributed by atoms with Gasteiger partial charge in [-0.2, -0.15) is 4.99 Å². The molecule has 0 aliphatic carbocycles. The number of esters is 1. The summed E-state index contributed by atoms with van der Waals surface area (Å²) in [7, 11) is 1.52. The van der Waals surface area contributed by atoms with Gasteiger partial charge in [0.2, 0.25) is 0 Å². The van der Waals surface area contributed by atoms with E-state index in [1.54, 1.807) is 31.3 Å². The van der Waals surface area contributed by atoms with Gasteiger partial charge >= 0.3 is 5.97 Å². The molecule has 3 heterocycles. The van der Waals surface area contributed by atoms with Crippen LogP contribution in [0, 0.1) is 10.1 Å². The van der Waals surface area contributed by atoms with E-state index < -0.39 is 22.4 Å². The number of non-ortho nitro benzene ring substituents is 1. The Morgan fingerprint density at radius 2 is 1.97 bits per heavy atom. The maximum Gasteiger partial charge on any atom is 0.341 e. The van der Waals surface area contributed by atoms with Gasteiger partial charge in [0, 0.05) is 38.6 Å². The number of hydrogen-bond donors (Lipinski definition) is 0. The van der Waals surface area contributed by atoms with Crippen LogP contribution < -0.4 is 11.0 Å². The van der Waals surface area contributed by atoms with Crippen molar-refractivity contribution in [2.45, 2.75) is 19.9 Å². The Morgan fingerprint density at radius 3 is 2.68 bits per heavy atom. The van der Waals surface area contributed by atoms with E-state index in [-0.39, 0.29) is 51.5 Å². The Morgan fingerprint density at radius 1 is 1.18 bits per heavy atom. The lowest BCUT2D eigenvalue weighted by Crippen LogP contribution is -2.33. The average molecular weight is 540 g/mol. The number of hydrogen-bond acceptors (Lipinski definition) is 8. The predicted molar refractivity (Wildman–Crippen MR) is 137 cm³/mol. The molecular weight excluding hydrogens is 518 g/mol. The van der Waals surface area contributed by atoms with E-state index >= 15 is 0 Å². The minimum absolute atomic E-state index is 0.0274. The SMILES string of the molecule is CCOC(=O)c1cc2c(=O)n3ccccc3nc2n(CCCOC)c1=NC(=O)c1cc([N+](=O)[O-])ccc1Cl. The second-order valence-corrected chi connectivity index (χ2v) is 8.43. The number of aryl methyl sites for hydroxylation is 1. The number of carbonyl (C=O) groups excluding carboxylic acids is 2. The van der Waals surface area contributed by atoms with Gasteiger partial charge in [0.15, 0.2) is 5.49 Å². The van der Waals surface area contributed by atoms with E-state index in [2.05, 4.69) is 9.98 Å². The van der Waals surface area contributed by atoms with Crippen LogP contribution in [0.4, 0.5) is 5.69 Å². The van der Waals surface area contributed by atoms with Gasteiger partial charge < -0.3 is 14.0 Å². The molecule has 0 fully saturated rings. The van der Waals surface area contributed by atoms with Crippen LogP contribution in [0.15, 0.2) is 58.4 Å². The van der Waals surface area contributed by atoms with Gasteiger partial charge in [-0.3, -0.25) is 24.1 Å². The summed E-state index contributed by atoms with van der Waals surface area (Å²) < 4.78 is 13.2. The third-order valence-corrected chi connectivity index (χ3v) is 5.94. The lowest BCUT2D eigenvalue weighted by atomic mass is 10.1. The Labute approximate surface area is 219 Å². The van der Waals surface area contributed by atoms with Gasteiger partial charge in [0.1, 0.15) is 16.9 Å².